The minimum absolute atomic E-state index is 0.227. The first-order chi connectivity index (χ1) is 14.6. The summed E-state index contributed by atoms with van der Waals surface area (Å²) in [5.41, 5.74) is 1.37. The van der Waals surface area contributed by atoms with Gasteiger partial charge in [-0.1, -0.05) is 0 Å². The molecule has 0 spiro atoms. The van der Waals surface area contributed by atoms with Crippen molar-refractivity contribution in [1.82, 2.24) is 0 Å². The summed E-state index contributed by atoms with van der Waals surface area (Å²) in [5, 5.41) is 0. The molecule has 0 bridgehead atoms. The predicted molar refractivity (Wildman–Crippen MR) is 115 cm³/mol. The molecule has 0 unspecified atom stereocenters. The average Bonchev–Trinajstić information content (AvgIpc) is 2.86. The Balaban J connectivity index is 1.72. The summed E-state index contributed by atoms with van der Waals surface area (Å²) in [6.45, 7) is 0. The normalized spacial score (nSPS) is 16.8. The summed E-state index contributed by atoms with van der Waals surface area (Å²) in [7, 11) is -5.72. The molecule has 0 saturated carbocycles. The molecule has 0 N–H and O–H groups in total. The van der Waals surface area contributed by atoms with E-state index in [1.807, 2.05) is 36.4 Å². The first kappa shape index (κ1) is 18.5. The molecule has 0 aliphatic carbocycles. The molecule has 30 heavy (non-hydrogen) atoms. The number of hydrogen-bond donors (Lipinski definition) is 0. The Morgan fingerprint density at radius 1 is 0.500 bits per heavy atom. The van der Waals surface area contributed by atoms with Crippen LogP contribution in [0.3, 0.4) is 0 Å². The zero-order valence-corrected chi connectivity index (χ0v) is 16.7. The van der Waals surface area contributed by atoms with Crippen molar-refractivity contribution in [3.05, 3.63) is 109 Å². The molecule has 1 aliphatic heterocycles. The van der Waals surface area contributed by atoms with Gasteiger partial charge < -0.3 is 0 Å². The quantitative estimate of drug-likeness (QED) is 0.323. The van der Waals surface area contributed by atoms with Crippen molar-refractivity contribution in [2.75, 3.05) is 0 Å². The summed E-state index contributed by atoms with van der Waals surface area (Å²) < 4.78 is 40.7. The summed E-state index contributed by atoms with van der Waals surface area (Å²) in [6.07, 6.45) is 0. The summed E-state index contributed by atoms with van der Waals surface area (Å²) in [4.78, 5) is 0. The third-order valence-electron chi connectivity index (χ3n) is 4.54. The van der Waals surface area contributed by atoms with Crippen LogP contribution in [0.15, 0.2) is 109 Å². The molecule has 0 aromatic heterocycles. The van der Waals surface area contributed by atoms with Crippen LogP contribution in [0.1, 0.15) is 0 Å². The molecule has 6 heteroatoms. The molecule has 4 nitrogen and oxygen atoms in total. The second kappa shape index (κ2) is 7.05. The van der Waals surface area contributed by atoms with Crippen LogP contribution in [0.2, 0.25) is 0 Å². The van der Waals surface area contributed by atoms with E-state index in [-0.39, 0.29) is 23.0 Å². The summed E-state index contributed by atoms with van der Waals surface area (Å²) in [6, 6.07) is 31.3. The van der Waals surface area contributed by atoms with E-state index in [9.17, 15) is 0 Å². The van der Waals surface area contributed by atoms with Crippen molar-refractivity contribution in [1.29, 1.82) is 0 Å². The SMILES string of the molecule is FP1(Oc2ccccc2)(Oc2ccccc2)Oc2ccccc2-c2ccccc2O1. The Morgan fingerprint density at radius 3 is 1.30 bits per heavy atom. The maximum atomic E-state index is 17.2. The van der Waals surface area contributed by atoms with Gasteiger partial charge in [0, 0.05) is 0 Å². The molecule has 0 atom stereocenters. The molecule has 0 saturated heterocycles. The fraction of sp³-hybridized carbons (Fsp3) is 0. The molecule has 4 aromatic carbocycles. The predicted octanol–water partition coefficient (Wildman–Crippen LogP) is 7.38. The topological polar surface area (TPSA) is 36.9 Å². The van der Waals surface area contributed by atoms with Gasteiger partial charge >= 0.3 is 173 Å². The number of rotatable bonds is 4. The molecule has 4 aromatic rings. The van der Waals surface area contributed by atoms with Gasteiger partial charge in [-0.05, 0) is 0 Å². The maximum absolute atomic E-state index is 17.2. The van der Waals surface area contributed by atoms with Gasteiger partial charge in [-0.2, -0.15) is 0 Å². The first-order valence-corrected chi connectivity index (χ1v) is 11.2. The first-order valence-electron chi connectivity index (χ1n) is 9.44. The van der Waals surface area contributed by atoms with E-state index in [4.69, 9.17) is 18.1 Å². The number of halogens is 1. The number of para-hydroxylation sites is 4. The average molecular weight is 420 g/mol. The third-order valence-corrected chi connectivity index (χ3v) is 6.53. The van der Waals surface area contributed by atoms with E-state index in [0.717, 1.165) is 0 Å². The summed E-state index contributed by atoms with van der Waals surface area (Å²) in [5.74, 6) is 1.000. The zero-order chi connectivity index (χ0) is 20.5. The molecule has 0 amide bonds. The molecule has 1 heterocycles. The van der Waals surface area contributed by atoms with Crippen LogP contribution in [0.4, 0.5) is 4.20 Å². The Morgan fingerprint density at radius 2 is 0.867 bits per heavy atom. The second-order valence-electron chi connectivity index (χ2n) is 6.71. The fourth-order valence-electron chi connectivity index (χ4n) is 3.27. The van der Waals surface area contributed by atoms with E-state index in [2.05, 4.69) is 0 Å². The van der Waals surface area contributed by atoms with Gasteiger partial charge in [-0.3, -0.25) is 0 Å². The van der Waals surface area contributed by atoms with Gasteiger partial charge in [0.1, 0.15) is 0 Å². The van der Waals surface area contributed by atoms with E-state index in [1.165, 1.54) is 0 Å². The molecule has 0 radical (unpaired) electrons. The molecular weight excluding hydrogens is 402 g/mol. The zero-order valence-electron chi connectivity index (χ0n) is 15.9. The van der Waals surface area contributed by atoms with Crippen LogP contribution in [-0.4, -0.2) is 0 Å². The van der Waals surface area contributed by atoms with Gasteiger partial charge in [0.25, 0.3) is 0 Å². The van der Waals surface area contributed by atoms with Crippen molar-refractivity contribution < 1.29 is 22.3 Å². The van der Waals surface area contributed by atoms with Gasteiger partial charge in [-0.25, -0.2) is 0 Å². The van der Waals surface area contributed by atoms with Crippen LogP contribution >= 0.6 is 7.82 Å². The van der Waals surface area contributed by atoms with Gasteiger partial charge in [-0.15, -0.1) is 0 Å². The Labute approximate surface area is 173 Å². The molecule has 0 fully saturated rings. The minimum atomic E-state index is -5.72. The van der Waals surface area contributed by atoms with E-state index in [0.29, 0.717) is 11.1 Å². The monoisotopic (exact) mass is 420 g/mol. The van der Waals surface area contributed by atoms with Crippen LogP contribution in [-0.2, 0) is 0 Å². The Hall–Kier alpha value is -3.56. The number of hydrogen-bond acceptors (Lipinski definition) is 4. The van der Waals surface area contributed by atoms with E-state index >= 15 is 4.20 Å². The van der Waals surface area contributed by atoms with Gasteiger partial charge in [0.15, 0.2) is 0 Å². The third kappa shape index (κ3) is 3.44. The Bertz CT molecular complexity index is 1090. The van der Waals surface area contributed by atoms with Crippen molar-refractivity contribution in [3.8, 4) is 34.1 Å². The van der Waals surface area contributed by atoms with Crippen LogP contribution < -0.4 is 18.1 Å². The number of fused-ring (bicyclic) bond motifs is 3. The molecule has 5 rings (SSSR count). The summed E-state index contributed by atoms with van der Waals surface area (Å²) >= 11 is 0. The van der Waals surface area contributed by atoms with Crippen molar-refractivity contribution in [2.45, 2.75) is 0 Å². The fourth-order valence-corrected chi connectivity index (χ4v) is 5.36. The van der Waals surface area contributed by atoms with Crippen molar-refractivity contribution in [3.63, 3.8) is 0 Å². The Kier molecular flexibility index (Phi) is 4.34. The molecule has 1 aliphatic rings. The standard InChI is InChI=1S/C24H18FO4P/c25-30(26-19-11-3-1-4-12-19,27-20-13-5-2-6-14-20)28-23-17-9-7-15-21(23)22-16-8-10-18-24(22)29-30/h1-18H. The van der Waals surface area contributed by atoms with Crippen LogP contribution in [0.25, 0.3) is 11.1 Å². The number of benzene rings is 4. The van der Waals surface area contributed by atoms with Gasteiger partial charge in [0.2, 0.25) is 0 Å². The van der Waals surface area contributed by atoms with E-state index < -0.39 is 7.82 Å². The van der Waals surface area contributed by atoms with Gasteiger partial charge in [0.05, 0.1) is 0 Å². The van der Waals surface area contributed by atoms with Crippen molar-refractivity contribution in [2.24, 2.45) is 0 Å². The molecular formula is C24H18FO4P. The van der Waals surface area contributed by atoms with Crippen LogP contribution in [0, 0.1) is 0 Å². The van der Waals surface area contributed by atoms with Crippen molar-refractivity contribution >= 4 is 7.82 Å². The molecule has 150 valence electrons. The van der Waals surface area contributed by atoms with Crippen LogP contribution in [0.5, 0.6) is 23.0 Å². The second-order valence-corrected chi connectivity index (χ2v) is 8.88. The van der Waals surface area contributed by atoms with E-state index in [1.54, 1.807) is 72.8 Å².